The average Bonchev–Trinajstić information content (AvgIpc) is 2.53. The molecule has 0 fully saturated rings. The second-order valence-electron chi connectivity index (χ2n) is 3.10. The maximum atomic E-state index is 4.29. The summed E-state index contributed by atoms with van der Waals surface area (Å²) >= 11 is 0. The Morgan fingerprint density at radius 3 is 3.17 bits per heavy atom. The average molecular weight is 163 g/mol. The molecule has 1 aromatic rings. The van der Waals surface area contributed by atoms with Crippen LogP contribution in [0.4, 0.5) is 0 Å². The van der Waals surface area contributed by atoms with Gasteiger partial charge in [0.2, 0.25) is 0 Å². The van der Waals surface area contributed by atoms with Gasteiger partial charge in [-0.1, -0.05) is 13.3 Å². The van der Waals surface area contributed by atoms with Crippen molar-refractivity contribution in [2.75, 3.05) is 0 Å². The molecule has 0 amide bonds. The van der Waals surface area contributed by atoms with Gasteiger partial charge >= 0.3 is 0 Å². The smallest absolute Gasteiger partial charge is 0.116 e. The van der Waals surface area contributed by atoms with E-state index < -0.39 is 0 Å². The number of hydrogen-bond donors (Lipinski definition) is 1. The lowest BCUT2D eigenvalue weighted by atomic mass is 10.1. The van der Waals surface area contributed by atoms with Crippen molar-refractivity contribution in [2.24, 2.45) is 0 Å². The van der Waals surface area contributed by atoms with E-state index in [1.165, 1.54) is 17.0 Å². The van der Waals surface area contributed by atoms with Crippen LogP contribution in [-0.4, -0.2) is 9.97 Å². The molecule has 0 unspecified atom stereocenters. The molecule has 0 spiro atoms. The van der Waals surface area contributed by atoms with Crippen LogP contribution in [0.1, 0.15) is 30.3 Å². The van der Waals surface area contributed by atoms with E-state index in [-0.39, 0.29) is 0 Å². The molecule has 64 valence electrons. The molecule has 2 heterocycles. The van der Waals surface area contributed by atoms with Gasteiger partial charge in [-0.2, -0.15) is 0 Å². The maximum absolute atomic E-state index is 4.29. The number of aryl methyl sites for hydroxylation is 1. The Hall–Kier alpha value is -0.960. The molecule has 12 heavy (non-hydrogen) atoms. The van der Waals surface area contributed by atoms with Gasteiger partial charge in [0.15, 0.2) is 0 Å². The zero-order valence-electron chi connectivity index (χ0n) is 7.30. The number of nitrogens with one attached hydrogen (secondary N) is 1. The van der Waals surface area contributed by atoms with Crippen LogP contribution in [0.25, 0.3) is 0 Å². The molecule has 2 rings (SSSR count). The Bertz CT molecular complexity index is 283. The van der Waals surface area contributed by atoms with Gasteiger partial charge in [-0.15, -0.1) is 0 Å². The Kier molecular flexibility index (Phi) is 2.04. The normalized spacial score (nSPS) is 14.8. The molecule has 3 nitrogen and oxygen atoms in total. The summed E-state index contributed by atoms with van der Waals surface area (Å²) in [4.78, 5) is 8.52. The van der Waals surface area contributed by atoms with Crippen LogP contribution in [0.5, 0.6) is 0 Å². The molecular weight excluding hydrogens is 150 g/mol. The first-order valence-electron chi connectivity index (χ1n) is 4.44. The monoisotopic (exact) mass is 163 g/mol. The third-order valence-electron chi connectivity index (χ3n) is 2.20. The van der Waals surface area contributed by atoms with Crippen LogP contribution in [0.2, 0.25) is 0 Å². The number of fused-ring (bicyclic) bond motifs is 1. The lowest BCUT2D eigenvalue weighted by Crippen LogP contribution is -2.01. The topological polar surface area (TPSA) is 37.8 Å². The van der Waals surface area contributed by atoms with Crippen molar-refractivity contribution in [3.8, 4) is 0 Å². The highest BCUT2D eigenvalue weighted by Gasteiger charge is 2.15. The summed E-state index contributed by atoms with van der Waals surface area (Å²) < 4.78 is 0. The minimum absolute atomic E-state index is 0.911. The molecule has 1 N–H and O–H groups in total. The molecule has 0 atom stereocenters. The number of nitrogens with zero attached hydrogens (tertiary/aromatic N) is 2. The molecule has 0 aliphatic carbocycles. The Labute approximate surface area is 72.2 Å². The quantitative estimate of drug-likeness (QED) is 0.707. The highest BCUT2D eigenvalue weighted by Crippen LogP contribution is 2.16. The second kappa shape index (κ2) is 3.19. The van der Waals surface area contributed by atoms with E-state index in [0.717, 1.165) is 25.9 Å². The van der Waals surface area contributed by atoms with Crippen molar-refractivity contribution >= 4 is 0 Å². The standard InChI is InChI=1S/C9H13N3/c1-2-3-8-7-4-10-5-9(7)12-6-11-8/h6,10H,2-5H2,1H3. The van der Waals surface area contributed by atoms with Crippen molar-refractivity contribution < 1.29 is 0 Å². The van der Waals surface area contributed by atoms with E-state index in [1.807, 2.05) is 0 Å². The van der Waals surface area contributed by atoms with Gasteiger partial charge < -0.3 is 5.32 Å². The summed E-state index contributed by atoms with van der Waals surface area (Å²) in [5.41, 5.74) is 3.75. The third kappa shape index (κ3) is 1.20. The van der Waals surface area contributed by atoms with Crippen molar-refractivity contribution in [3.63, 3.8) is 0 Å². The van der Waals surface area contributed by atoms with Gasteiger partial charge in [-0.05, 0) is 6.42 Å². The van der Waals surface area contributed by atoms with E-state index in [1.54, 1.807) is 6.33 Å². The summed E-state index contributed by atoms with van der Waals surface area (Å²) in [6.07, 6.45) is 3.91. The van der Waals surface area contributed by atoms with E-state index in [9.17, 15) is 0 Å². The van der Waals surface area contributed by atoms with E-state index in [0.29, 0.717) is 0 Å². The predicted molar refractivity (Wildman–Crippen MR) is 46.6 cm³/mol. The fourth-order valence-corrected chi connectivity index (χ4v) is 1.61. The Morgan fingerprint density at radius 2 is 2.33 bits per heavy atom. The molecule has 0 aromatic carbocycles. The number of aromatic nitrogens is 2. The fraction of sp³-hybridized carbons (Fsp3) is 0.556. The highest BCUT2D eigenvalue weighted by atomic mass is 15.0. The van der Waals surface area contributed by atoms with Crippen molar-refractivity contribution in [1.29, 1.82) is 0 Å². The van der Waals surface area contributed by atoms with Gasteiger partial charge in [-0.3, -0.25) is 0 Å². The molecule has 0 radical (unpaired) electrons. The Morgan fingerprint density at radius 1 is 1.42 bits per heavy atom. The summed E-state index contributed by atoms with van der Waals surface area (Å²) in [6.45, 7) is 4.04. The van der Waals surface area contributed by atoms with Crippen LogP contribution < -0.4 is 5.32 Å². The van der Waals surface area contributed by atoms with Crippen LogP contribution in [0, 0.1) is 0 Å². The molecule has 3 heteroatoms. The first-order valence-corrected chi connectivity index (χ1v) is 4.44. The molecular formula is C9H13N3. The molecule has 0 saturated heterocycles. The fourth-order valence-electron chi connectivity index (χ4n) is 1.61. The van der Waals surface area contributed by atoms with Gasteiger partial charge in [0.05, 0.1) is 5.69 Å². The zero-order chi connectivity index (χ0) is 8.39. The van der Waals surface area contributed by atoms with E-state index in [4.69, 9.17) is 0 Å². The van der Waals surface area contributed by atoms with Crippen LogP contribution in [0.15, 0.2) is 6.33 Å². The molecule has 1 aromatic heterocycles. The molecule has 1 aliphatic rings. The largest absolute Gasteiger partial charge is 0.307 e. The molecule has 1 aliphatic heterocycles. The summed E-state index contributed by atoms with van der Waals surface area (Å²) in [5, 5.41) is 3.28. The minimum atomic E-state index is 0.911. The van der Waals surface area contributed by atoms with E-state index >= 15 is 0 Å². The minimum Gasteiger partial charge on any atom is -0.307 e. The summed E-state index contributed by atoms with van der Waals surface area (Å²) in [5.74, 6) is 0. The van der Waals surface area contributed by atoms with Crippen LogP contribution in [0.3, 0.4) is 0 Å². The van der Waals surface area contributed by atoms with Gasteiger partial charge in [0, 0.05) is 24.3 Å². The summed E-state index contributed by atoms with van der Waals surface area (Å²) in [6, 6.07) is 0. The van der Waals surface area contributed by atoms with Crippen molar-refractivity contribution in [2.45, 2.75) is 32.9 Å². The summed E-state index contributed by atoms with van der Waals surface area (Å²) in [7, 11) is 0. The number of hydrogen-bond acceptors (Lipinski definition) is 3. The first kappa shape index (κ1) is 7.68. The van der Waals surface area contributed by atoms with Crippen molar-refractivity contribution in [1.82, 2.24) is 15.3 Å². The highest BCUT2D eigenvalue weighted by molar-refractivity contribution is 5.27. The van der Waals surface area contributed by atoms with Gasteiger partial charge in [0.25, 0.3) is 0 Å². The lowest BCUT2D eigenvalue weighted by molar-refractivity contribution is 0.753. The van der Waals surface area contributed by atoms with Gasteiger partial charge in [0.1, 0.15) is 6.33 Å². The van der Waals surface area contributed by atoms with Crippen LogP contribution >= 0.6 is 0 Å². The van der Waals surface area contributed by atoms with Crippen molar-refractivity contribution in [3.05, 3.63) is 23.3 Å². The zero-order valence-corrected chi connectivity index (χ0v) is 7.30. The SMILES string of the molecule is CCCc1ncnc2c1CNC2. The second-order valence-corrected chi connectivity index (χ2v) is 3.10. The Balaban J connectivity index is 2.36. The molecule has 0 bridgehead atoms. The third-order valence-corrected chi connectivity index (χ3v) is 2.20. The van der Waals surface area contributed by atoms with Crippen LogP contribution in [-0.2, 0) is 19.5 Å². The lowest BCUT2D eigenvalue weighted by Gasteiger charge is -2.02. The van der Waals surface area contributed by atoms with E-state index in [2.05, 4.69) is 22.2 Å². The maximum Gasteiger partial charge on any atom is 0.116 e. The number of rotatable bonds is 2. The molecule has 0 saturated carbocycles. The predicted octanol–water partition coefficient (Wildman–Crippen LogP) is 1.03. The van der Waals surface area contributed by atoms with Gasteiger partial charge in [-0.25, -0.2) is 9.97 Å². The first-order chi connectivity index (χ1) is 5.92.